The number of rotatable bonds is 8. The van der Waals surface area contributed by atoms with E-state index in [0.29, 0.717) is 22.2 Å². The molecule has 0 aliphatic carbocycles. The van der Waals surface area contributed by atoms with Crippen molar-refractivity contribution in [2.75, 3.05) is 4.90 Å². The summed E-state index contributed by atoms with van der Waals surface area (Å²) < 4.78 is 42.1. The molecule has 9 heteroatoms. The molecule has 0 radical (unpaired) electrons. The van der Waals surface area contributed by atoms with Crippen molar-refractivity contribution in [1.82, 2.24) is 4.72 Å². The van der Waals surface area contributed by atoms with Crippen LogP contribution < -0.4 is 9.62 Å². The van der Waals surface area contributed by atoms with Crippen LogP contribution in [0.3, 0.4) is 0 Å². The Hall–Kier alpha value is -4.55. The summed E-state index contributed by atoms with van der Waals surface area (Å²) in [5.74, 6) is -3.55. The van der Waals surface area contributed by atoms with Gasteiger partial charge in [0.25, 0.3) is 10.0 Å². The van der Waals surface area contributed by atoms with E-state index in [-0.39, 0.29) is 11.3 Å². The summed E-state index contributed by atoms with van der Waals surface area (Å²) in [6.07, 6.45) is -0.117. The predicted molar refractivity (Wildman–Crippen MR) is 147 cm³/mol. The quantitative estimate of drug-likeness (QED) is 0.316. The number of amides is 2. The van der Waals surface area contributed by atoms with Crippen LogP contribution in [0.5, 0.6) is 0 Å². The van der Waals surface area contributed by atoms with Crippen LogP contribution in [0.25, 0.3) is 10.8 Å². The molecule has 2 amide bonds. The van der Waals surface area contributed by atoms with Crippen LogP contribution in [0.2, 0.25) is 0 Å². The van der Waals surface area contributed by atoms with Gasteiger partial charge in [-0.3, -0.25) is 9.59 Å². The standard InChI is InChI=1S/C30H26FN3O4S/c1-20(2)34(26-14-12-25(31)13-15-26)30(36)28(17-21-7-9-22(19-32)10-8-21)29(35)33-39(37,38)27-16-11-23-5-3-4-6-24(23)18-27/h3-16,18,20,28H,17H2,1-2H3,(H,33,35). The molecule has 0 fully saturated rings. The summed E-state index contributed by atoms with van der Waals surface area (Å²) >= 11 is 0. The number of carbonyl (C=O) groups is 2. The monoisotopic (exact) mass is 543 g/mol. The zero-order valence-corrected chi connectivity index (χ0v) is 22.2. The lowest BCUT2D eigenvalue weighted by Crippen LogP contribution is -2.48. The van der Waals surface area contributed by atoms with Crippen molar-refractivity contribution < 1.29 is 22.4 Å². The van der Waals surface area contributed by atoms with Crippen molar-refractivity contribution in [2.24, 2.45) is 5.92 Å². The third-order valence-electron chi connectivity index (χ3n) is 6.26. The Balaban J connectivity index is 1.69. The number of nitrogens with one attached hydrogen (secondary N) is 1. The van der Waals surface area contributed by atoms with Gasteiger partial charge in [-0.15, -0.1) is 0 Å². The zero-order valence-electron chi connectivity index (χ0n) is 21.3. The Labute approximate surface area is 226 Å². The topological polar surface area (TPSA) is 107 Å². The van der Waals surface area contributed by atoms with Gasteiger partial charge in [-0.05, 0) is 85.1 Å². The number of benzene rings is 4. The summed E-state index contributed by atoms with van der Waals surface area (Å²) in [5.41, 5.74) is 1.33. The molecule has 4 aromatic rings. The average molecular weight is 544 g/mol. The van der Waals surface area contributed by atoms with E-state index < -0.39 is 39.6 Å². The van der Waals surface area contributed by atoms with Crippen molar-refractivity contribution in [1.29, 1.82) is 5.26 Å². The SMILES string of the molecule is CC(C)N(C(=O)C(Cc1ccc(C#N)cc1)C(=O)NS(=O)(=O)c1ccc2ccccc2c1)c1ccc(F)cc1. The van der Waals surface area contributed by atoms with Crippen LogP contribution in [0.4, 0.5) is 10.1 Å². The number of nitrogens with zero attached hydrogens (tertiary/aromatic N) is 2. The molecule has 198 valence electrons. The summed E-state index contributed by atoms with van der Waals surface area (Å²) in [6.45, 7) is 3.48. The van der Waals surface area contributed by atoms with Gasteiger partial charge in [0.1, 0.15) is 11.7 Å². The highest BCUT2D eigenvalue weighted by Gasteiger charge is 2.35. The van der Waals surface area contributed by atoms with E-state index in [1.165, 1.54) is 41.3 Å². The number of fused-ring (bicyclic) bond motifs is 1. The summed E-state index contributed by atoms with van der Waals surface area (Å²) in [6, 6.07) is 24.9. The average Bonchev–Trinajstić information content (AvgIpc) is 2.92. The van der Waals surface area contributed by atoms with E-state index >= 15 is 0 Å². The number of anilines is 1. The molecule has 1 unspecified atom stereocenters. The molecule has 0 heterocycles. The summed E-state index contributed by atoms with van der Waals surface area (Å²) in [4.78, 5) is 28.6. The molecule has 0 bridgehead atoms. The summed E-state index contributed by atoms with van der Waals surface area (Å²) in [5, 5.41) is 10.6. The molecule has 7 nitrogen and oxygen atoms in total. The molecule has 1 atom stereocenters. The normalized spacial score (nSPS) is 12.1. The molecule has 0 saturated heterocycles. The number of carbonyl (C=O) groups excluding carboxylic acids is 2. The van der Waals surface area contributed by atoms with E-state index in [4.69, 9.17) is 5.26 Å². The minimum atomic E-state index is -4.31. The summed E-state index contributed by atoms with van der Waals surface area (Å²) in [7, 11) is -4.31. The maximum Gasteiger partial charge on any atom is 0.264 e. The van der Waals surface area contributed by atoms with E-state index in [9.17, 15) is 22.4 Å². The third-order valence-corrected chi connectivity index (χ3v) is 7.61. The zero-order chi connectivity index (χ0) is 28.2. The number of sulfonamides is 1. The van der Waals surface area contributed by atoms with Gasteiger partial charge in [0.2, 0.25) is 11.8 Å². The molecule has 0 aliphatic heterocycles. The molecular weight excluding hydrogens is 517 g/mol. The highest BCUT2D eigenvalue weighted by atomic mass is 32.2. The molecule has 4 rings (SSSR count). The highest BCUT2D eigenvalue weighted by molar-refractivity contribution is 7.90. The Kier molecular flexibility index (Phi) is 8.07. The first-order valence-corrected chi connectivity index (χ1v) is 13.7. The van der Waals surface area contributed by atoms with Crippen molar-refractivity contribution in [3.63, 3.8) is 0 Å². The number of nitriles is 1. The van der Waals surface area contributed by atoms with Crippen molar-refractivity contribution in [2.45, 2.75) is 31.2 Å². The van der Waals surface area contributed by atoms with Gasteiger partial charge in [0.05, 0.1) is 16.5 Å². The van der Waals surface area contributed by atoms with E-state index in [2.05, 4.69) is 4.72 Å². The lowest BCUT2D eigenvalue weighted by atomic mass is 9.95. The van der Waals surface area contributed by atoms with Gasteiger partial charge >= 0.3 is 0 Å². The maximum atomic E-state index is 13.9. The van der Waals surface area contributed by atoms with Gasteiger partial charge in [-0.2, -0.15) is 5.26 Å². The van der Waals surface area contributed by atoms with Gasteiger partial charge in [-0.1, -0.05) is 42.5 Å². The Morgan fingerprint density at radius 2 is 1.56 bits per heavy atom. The van der Waals surface area contributed by atoms with Gasteiger partial charge < -0.3 is 4.90 Å². The van der Waals surface area contributed by atoms with Crippen LogP contribution in [-0.2, 0) is 26.0 Å². The van der Waals surface area contributed by atoms with Crippen LogP contribution in [0.1, 0.15) is 25.0 Å². The van der Waals surface area contributed by atoms with Gasteiger partial charge in [-0.25, -0.2) is 17.5 Å². The number of hydrogen-bond donors (Lipinski definition) is 1. The number of hydrogen-bond acceptors (Lipinski definition) is 5. The second kappa shape index (κ2) is 11.5. The lowest BCUT2D eigenvalue weighted by Gasteiger charge is -2.30. The lowest BCUT2D eigenvalue weighted by molar-refractivity contribution is -0.132. The number of halogens is 1. The molecule has 0 aromatic heterocycles. The van der Waals surface area contributed by atoms with Gasteiger partial charge in [0.15, 0.2) is 0 Å². The van der Waals surface area contributed by atoms with E-state index in [1.807, 2.05) is 18.2 Å². The molecule has 1 N–H and O–H groups in total. The van der Waals surface area contributed by atoms with E-state index in [1.54, 1.807) is 56.3 Å². The second-order valence-electron chi connectivity index (χ2n) is 9.32. The molecule has 0 aliphatic rings. The fraction of sp³-hybridized carbons (Fsp3) is 0.167. The first-order chi connectivity index (χ1) is 18.6. The Bertz CT molecular complexity index is 1660. The molecule has 0 spiro atoms. The van der Waals surface area contributed by atoms with Crippen molar-refractivity contribution in [3.8, 4) is 6.07 Å². The predicted octanol–water partition coefficient (Wildman–Crippen LogP) is 4.96. The minimum absolute atomic E-state index is 0.113. The Morgan fingerprint density at radius 1 is 0.923 bits per heavy atom. The fourth-order valence-corrected chi connectivity index (χ4v) is 5.34. The van der Waals surface area contributed by atoms with E-state index in [0.717, 1.165) is 5.39 Å². The van der Waals surface area contributed by atoms with Crippen LogP contribution in [-0.4, -0.2) is 26.3 Å². The van der Waals surface area contributed by atoms with Crippen molar-refractivity contribution in [3.05, 3.63) is 108 Å². The maximum absolute atomic E-state index is 13.9. The van der Waals surface area contributed by atoms with Crippen LogP contribution in [0.15, 0.2) is 95.9 Å². The minimum Gasteiger partial charge on any atom is -0.309 e. The highest BCUT2D eigenvalue weighted by Crippen LogP contribution is 2.24. The molecule has 0 saturated carbocycles. The van der Waals surface area contributed by atoms with Crippen molar-refractivity contribution >= 4 is 38.3 Å². The van der Waals surface area contributed by atoms with Crippen LogP contribution >= 0.6 is 0 Å². The smallest absolute Gasteiger partial charge is 0.264 e. The molecule has 4 aromatic carbocycles. The fourth-order valence-electron chi connectivity index (χ4n) is 4.29. The third kappa shape index (κ3) is 6.30. The van der Waals surface area contributed by atoms with Crippen LogP contribution in [0, 0.1) is 23.1 Å². The first-order valence-electron chi connectivity index (χ1n) is 12.2. The molecule has 39 heavy (non-hydrogen) atoms. The first kappa shape index (κ1) is 27.5. The second-order valence-corrected chi connectivity index (χ2v) is 11.0. The molecular formula is C30H26FN3O4S. The van der Waals surface area contributed by atoms with Gasteiger partial charge in [0, 0.05) is 11.7 Å². The largest absolute Gasteiger partial charge is 0.309 e. The Morgan fingerprint density at radius 3 is 2.18 bits per heavy atom.